The summed E-state index contributed by atoms with van der Waals surface area (Å²) < 4.78 is 38.1. The zero-order chi connectivity index (χ0) is 18.3. The number of fused-ring (bicyclic) bond motifs is 1. The summed E-state index contributed by atoms with van der Waals surface area (Å²) in [7, 11) is 0. The molecular formula is C19H14F2N2O2S. The minimum atomic E-state index is -1.03. The maximum absolute atomic E-state index is 14.6. The van der Waals surface area contributed by atoms with Crippen LogP contribution in [0.25, 0.3) is 22.3 Å². The molecule has 0 unspecified atom stereocenters. The highest BCUT2D eigenvalue weighted by molar-refractivity contribution is 7.03. The second kappa shape index (κ2) is 6.49. The Kier molecular flexibility index (Phi) is 4.16. The smallest absolute Gasteiger partial charge is 0.251 e. The molecule has 0 saturated heterocycles. The first-order valence-electron chi connectivity index (χ1n) is 8.06. The predicted molar refractivity (Wildman–Crippen MR) is 95.2 cm³/mol. The summed E-state index contributed by atoms with van der Waals surface area (Å²) in [6, 6.07) is 6.23. The summed E-state index contributed by atoms with van der Waals surface area (Å²) in [4.78, 5) is 12.2. The predicted octanol–water partition coefficient (Wildman–Crippen LogP) is 4.40. The fraction of sp³-hybridized carbons (Fsp3) is 0.158. The van der Waals surface area contributed by atoms with Crippen molar-refractivity contribution in [2.75, 3.05) is 6.61 Å². The molecule has 0 bridgehead atoms. The van der Waals surface area contributed by atoms with E-state index in [0.29, 0.717) is 17.7 Å². The van der Waals surface area contributed by atoms with Crippen molar-refractivity contribution in [1.82, 2.24) is 9.69 Å². The third-order valence-electron chi connectivity index (χ3n) is 4.32. The van der Waals surface area contributed by atoms with Crippen molar-refractivity contribution >= 4 is 17.4 Å². The largest absolute Gasteiger partial charge is 0.491 e. The van der Waals surface area contributed by atoms with Crippen molar-refractivity contribution < 1.29 is 18.3 Å². The van der Waals surface area contributed by atoms with E-state index < -0.39 is 11.6 Å². The van der Waals surface area contributed by atoms with E-state index >= 15 is 0 Å². The van der Waals surface area contributed by atoms with Crippen LogP contribution in [0.15, 0.2) is 35.8 Å². The Bertz CT molecular complexity index is 1000. The highest BCUT2D eigenvalue weighted by Crippen LogP contribution is 2.37. The van der Waals surface area contributed by atoms with Crippen LogP contribution in [-0.4, -0.2) is 16.9 Å². The van der Waals surface area contributed by atoms with E-state index in [9.17, 15) is 13.6 Å². The molecule has 1 aliphatic rings. The van der Waals surface area contributed by atoms with Gasteiger partial charge in [0.25, 0.3) is 5.91 Å². The number of carbonyl (C=O) groups excluding carboxylic acids is 1. The molecule has 2 heterocycles. The lowest BCUT2D eigenvalue weighted by atomic mass is 9.93. The van der Waals surface area contributed by atoms with Crippen LogP contribution in [0.5, 0.6) is 5.75 Å². The number of halogens is 2. The maximum atomic E-state index is 14.6. The minimum absolute atomic E-state index is 0.0814. The van der Waals surface area contributed by atoms with Gasteiger partial charge in [0.15, 0.2) is 11.6 Å². The zero-order valence-electron chi connectivity index (χ0n) is 13.8. The molecular weight excluding hydrogens is 358 g/mol. The summed E-state index contributed by atoms with van der Waals surface area (Å²) in [5.74, 6) is -2.38. The average Bonchev–Trinajstić information content (AvgIpc) is 3.29. The highest BCUT2D eigenvalue weighted by Gasteiger charge is 2.25. The molecule has 1 aliphatic heterocycles. The van der Waals surface area contributed by atoms with Gasteiger partial charge in [-0.3, -0.25) is 4.79 Å². The molecule has 0 aliphatic carbocycles. The standard InChI is InChI=1S/C19H14F2N2O2S/c1-2-25-16-4-3-12(17(20)18(16)21)10-5-13(11-7-23-26-9-11)15-8-22-19(24)14(15)6-10/h3-7,9H,2,8H2,1H3,(H,22,24). The Labute approximate surface area is 152 Å². The lowest BCUT2D eigenvalue weighted by Gasteiger charge is -2.12. The summed E-state index contributed by atoms with van der Waals surface area (Å²) in [5, 5.41) is 4.63. The first-order valence-corrected chi connectivity index (χ1v) is 8.89. The van der Waals surface area contributed by atoms with E-state index in [0.717, 1.165) is 16.7 Å². The first-order chi connectivity index (χ1) is 12.6. The van der Waals surface area contributed by atoms with E-state index in [1.807, 2.05) is 5.38 Å². The summed E-state index contributed by atoms with van der Waals surface area (Å²) in [6.07, 6.45) is 1.70. The van der Waals surface area contributed by atoms with E-state index in [-0.39, 0.29) is 23.8 Å². The second-order valence-electron chi connectivity index (χ2n) is 5.82. The molecule has 26 heavy (non-hydrogen) atoms. The zero-order valence-corrected chi connectivity index (χ0v) is 14.6. The molecule has 0 atom stereocenters. The molecule has 3 aromatic rings. The van der Waals surface area contributed by atoms with Crippen LogP contribution in [-0.2, 0) is 6.54 Å². The lowest BCUT2D eigenvalue weighted by molar-refractivity contribution is 0.0966. The van der Waals surface area contributed by atoms with Crippen LogP contribution in [0.2, 0.25) is 0 Å². The number of nitrogens with zero attached hydrogens (tertiary/aromatic N) is 1. The van der Waals surface area contributed by atoms with Gasteiger partial charge in [0.1, 0.15) is 0 Å². The Hall–Kier alpha value is -2.80. The highest BCUT2D eigenvalue weighted by atomic mass is 32.1. The van der Waals surface area contributed by atoms with Crippen molar-refractivity contribution in [3.63, 3.8) is 0 Å². The van der Waals surface area contributed by atoms with Crippen molar-refractivity contribution in [2.45, 2.75) is 13.5 Å². The topological polar surface area (TPSA) is 51.2 Å². The molecule has 0 radical (unpaired) electrons. The fourth-order valence-corrected chi connectivity index (χ4v) is 3.64. The third kappa shape index (κ3) is 2.64. The van der Waals surface area contributed by atoms with Crippen LogP contribution < -0.4 is 10.1 Å². The molecule has 1 N–H and O–H groups in total. The van der Waals surface area contributed by atoms with E-state index in [1.54, 1.807) is 25.3 Å². The number of aromatic nitrogens is 1. The average molecular weight is 372 g/mol. The van der Waals surface area contributed by atoms with Gasteiger partial charge in [-0.15, -0.1) is 0 Å². The summed E-state index contributed by atoms with van der Waals surface area (Å²) >= 11 is 1.29. The lowest BCUT2D eigenvalue weighted by Crippen LogP contribution is -2.12. The molecule has 0 spiro atoms. The number of nitrogens with one attached hydrogen (secondary N) is 1. The SMILES string of the molecule is CCOc1ccc(-c2cc3c(c(-c4cnsc4)c2)CNC3=O)c(F)c1F. The molecule has 2 aromatic carbocycles. The van der Waals surface area contributed by atoms with Crippen LogP contribution in [0.4, 0.5) is 8.78 Å². The number of benzene rings is 2. The van der Waals surface area contributed by atoms with Crippen LogP contribution in [0, 0.1) is 11.6 Å². The third-order valence-corrected chi connectivity index (χ3v) is 4.91. The monoisotopic (exact) mass is 372 g/mol. The molecule has 1 amide bonds. The van der Waals surface area contributed by atoms with E-state index in [1.165, 1.54) is 23.7 Å². The van der Waals surface area contributed by atoms with Gasteiger partial charge in [-0.1, -0.05) is 0 Å². The van der Waals surface area contributed by atoms with Crippen molar-refractivity contribution in [2.24, 2.45) is 0 Å². The number of ether oxygens (including phenoxy) is 1. The van der Waals surface area contributed by atoms with Crippen molar-refractivity contribution in [3.05, 3.63) is 58.6 Å². The first kappa shape index (κ1) is 16.7. The number of carbonyl (C=O) groups is 1. The molecule has 0 saturated carbocycles. The van der Waals surface area contributed by atoms with Crippen LogP contribution >= 0.6 is 11.5 Å². The summed E-state index contributed by atoms with van der Waals surface area (Å²) in [6.45, 7) is 2.34. The quantitative estimate of drug-likeness (QED) is 0.739. The van der Waals surface area contributed by atoms with Gasteiger partial charge in [-0.25, -0.2) is 8.76 Å². The maximum Gasteiger partial charge on any atom is 0.251 e. The van der Waals surface area contributed by atoms with Gasteiger partial charge in [-0.2, -0.15) is 4.39 Å². The van der Waals surface area contributed by atoms with Gasteiger partial charge < -0.3 is 10.1 Å². The Morgan fingerprint density at radius 2 is 1.96 bits per heavy atom. The molecule has 7 heteroatoms. The number of hydrogen-bond acceptors (Lipinski definition) is 4. The number of amides is 1. The minimum Gasteiger partial charge on any atom is -0.491 e. The number of hydrogen-bond donors (Lipinski definition) is 1. The Balaban J connectivity index is 1.91. The molecule has 132 valence electrons. The summed E-state index contributed by atoms with van der Waals surface area (Å²) in [5.41, 5.74) is 3.46. The van der Waals surface area contributed by atoms with Gasteiger partial charge in [0.05, 0.1) is 6.61 Å². The van der Waals surface area contributed by atoms with Crippen molar-refractivity contribution in [1.29, 1.82) is 0 Å². The van der Waals surface area contributed by atoms with E-state index in [2.05, 4.69) is 9.69 Å². The van der Waals surface area contributed by atoms with Gasteiger partial charge in [0, 0.05) is 34.8 Å². The molecule has 4 nitrogen and oxygen atoms in total. The second-order valence-corrected chi connectivity index (χ2v) is 6.48. The number of rotatable bonds is 4. The van der Waals surface area contributed by atoms with Gasteiger partial charge in [0.2, 0.25) is 5.82 Å². The Morgan fingerprint density at radius 3 is 2.69 bits per heavy atom. The van der Waals surface area contributed by atoms with Gasteiger partial charge in [-0.05, 0) is 59.4 Å². The van der Waals surface area contributed by atoms with Crippen LogP contribution in [0.3, 0.4) is 0 Å². The fourth-order valence-electron chi connectivity index (χ4n) is 3.10. The van der Waals surface area contributed by atoms with E-state index in [4.69, 9.17) is 4.74 Å². The molecule has 1 aromatic heterocycles. The molecule has 0 fully saturated rings. The normalized spacial score (nSPS) is 12.8. The molecule has 4 rings (SSSR count). The van der Waals surface area contributed by atoms with Crippen molar-refractivity contribution in [3.8, 4) is 28.0 Å². The Morgan fingerprint density at radius 1 is 1.15 bits per heavy atom. The van der Waals surface area contributed by atoms with Crippen LogP contribution in [0.1, 0.15) is 22.8 Å². The van der Waals surface area contributed by atoms with Gasteiger partial charge >= 0.3 is 0 Å².